The largest absolute Gasteiger partial charge is 0.352 e. The number of sulfonamides is 1. The van der Waals surface area contributed by atoms with Crippen LogP contribution in [0.1, 0.15) is 39.2 Å². The molecule has 35 heavy (non-hydrogen) atoms. The molecule has 0 heterocycles. The zero-order valence-corrected chi connectivity index (χ0v) is 22.4. The van der Waals surface area contributed by atoms with Crippen molar-refractivity contribution in [2.24, 2.45) is 0 Å². The van der Waals surface area contributed by atoms with E-state index in [0.29, 0.717) is 12.0 Å². The molecule has 0 aromatic heterocycles. The van der Waals surface area contributed by atoms with Gasteiger partial charge < -0.3 is 10.2 Å². The number of amides is 2. The van der Waals surface area contributed by atoms with E-state index in [-0.39, 0.29) is 40.6 Å². The van der Waals surface area contributed by atoms with E-state index in [1.54, 1.807) is 6.92 Å². The summed E-state index contributed by atoms with van der Waals surface area (Å²) in [5.74, 6) is -1.42. The lowest BCUT2D eigenvalue weighted by Gasteiger charge is -2.33. The third-order valence-electron chi connectivity index (χ3n) is 5.51. The van der Waals surface area contributed by atoms with Gasteiger partial charge in [-0.15, -0.1) is 0 Å². The molecule has 0 aliphatic rings. The summed E-state index contributed by atoms with van der Waals surface area (Å²) in [5, 5.41) is 3.22. The maximum absolute atomic E-state index is 13.6. The highest BCUT2D eigenvalue weighted by molar-refractivity contribution is 7.92. The number of carbonyl (C=O) groups excluding carboxylic acids is 2. The number of hydrogen-bond donors (Lipinski definition) is 1. The summed E-state index contributed by atoms with van der Waals surface area (Å²) in [4.78, 5) is 27.9. The summed E-state index contributed by atoms with van der Waals surface area (Å²) in [6, 6.07) is 8.84. The Kier molecular flexibility index (Phi) is 10.4. The van der Waals surface area contributed by atoms with Gasteiger partial charge in [0, 0.05) is 17.6 Å². The topological polar surface area (TPSA) is 86.8 Å². The van der Waals surface area contributed by atoms with Crippen LogP contribution in [0.2, 0.25) is 10.0 Å². The van der Waals surface area contributed by atoms with Gasteiger partial charge in [-0.3, -0.25) is 13.9 Å². The van der Waals surface area contributed by atoms with Crippen LogP contribution in [0.3, 0.4) is 0 Å². The third kappa shape index (κ3) is 8.08. The predicted octanol–water partition coefficient (Wildman–Crippen LogP) is 4.62. The quantitative estimate of drug-likeness (QED) is 0.446. The van der Waals surface area contributed by atoms with Crippen LogP contribution in [-0.4, -0.2) is 50.0 Å². The van der Waals surface area contributed by atoms with Crippen molar-refractivity contribution in [1.29, 1.82) is 0 Å². The van der Waals surface area contributed by atoms with Crippen LogP contribution >= 0.6 is 23.2 Å². The molecule has 0 fully saturated rings. The van der Waals surface area contributed by atoms with Crippen molar-refractivity contribution in [1.82, 2.24) is 10.2 Å². The molecular formula is C24H30Cl2FN3O4S. The van der Waals surface area contributed by atoms with E-state index < -0.39 is 34.3 Å². The fourth-order valence-electron chi connectivity index (χ4n) is 3.42. The number of rotatable bonds is 11. The molecule has 2 atom stereocenters. The SMILES string of the molecule is CCC(C)NC(=O)C(CC)N(Cc1ccc(F)cc1)C(=O)CN(c1cc(Cl)ccc1Cl)S(C)(=O)=O. The first-order valence-electron chi connectivity index (χ1n) is 11.1. The normalized spacial score (nSPS) is 13.1. The van der Waals surface area contributed by atoms with E-state index >= 15 is 0 Å². The fourth-order valence-corrected chi connectivity index (χ4v) is 4.71. The summed E-state index contributed by atoms with van der Waals surface area (Å²) < 4.78 is 39.6. The van der Waals surface area contributed by atoms with Crippen LogP contribution in [0.25, 0.3) is 0 Å². The summed E-state index contributed by atoms with van der Waals surface area (Å²) >= 11 is 12.3. The van der Waals surface area contributed by atoms with Crippen molar-refractivity contribution in [3.63, 3.8) is 0 Å². The summed E-state index contributed by atoms with van der Waals surface area (Å²) in [6.07, 6.45) is 1.93. The standard InChI is InChI=1S/C24H30Cl2FN3O4S/c1-5-16(3)28-24(32)21(6-2)29(14-17-7-10-19(27)11-8-17)23(31)15-30(35(4,33)34)22-13-18(25)9-12-20(22)26/h7-13,16,21H,5-6,14-15H2,1-4H3,(H,28,32). The Morgan fingerprint density at radius 3 is 2.23 bits per heavy atom. The van der Waals surface area contributed by atoms with Crippen LogP contribution in [0.15, 0.2) is 42.5 Å². The van der Waals surface area contributed by atoms with Gasteiger partial charge in [0.15, 0.2) is 0 Å². The van der Waals surface area contributed by atoms with Crippen molar-refractivity contribution in [3.8, 4) is 0 Å². The summed E-state index contributed by atoms with van der Waals surface area (Å²) in [6.45, 7) is 4.91. The lowest BCUT2D eigenvalue weighted by molar-refractivity contribution is -0.140. The Balaban J connectivity index is 2.47. The van der Waals surface area contributed by atoms with E-state index in [2.05, 4.69) is 5.32 Å². The molecule has 2 amide bonds. The number of benzene rings is 2. The lowest BCUT2D eigenvalue weighted by atomic mass is 10.1. The molecule has 0 saturated heterocycles. The highest BCUT2D eigenvalue weighted by Gasteiger charge is 2.32. The Bertz CT molecular complexity index is 1150. The number of carbonyl (C=O) groups is 2. The van der Waals surface area contributed by atoms with Gasteiger partial charge in [-0.05, 0) is 55.7 Å². The second-order valence-corrected chi connectivity index (χ2v) is 11.0. The van der Waals surface area contributed by atoms with Crippen molar-refractivity contribution in [3.05, 3.63) is 63.9 Å². The van der Waals surface area contributed by atoms with Gasteiger partial charge in [0.1, 0.15) is 18.4 Å². The molecule has 2 unspecified atom stereocenters. The van der Waals surface area contributed by atoms with Crippen molar-refractivity contribution < 1.29 is 22.4 Å². The van der Waals surface area contributed by atoms with Crippen LogP contribution < -0.4 is 9.62 Å². The first-order valence-corrected chi connectivity index (χ1v) is 13.7. The molecule has 2 aromatic rings. The van der Waals surface area contributed by atoms with Crippen molar-refractivity contribution in [2.45, 2.75) is 52.2 Å². The number of nitrogens with zero attached hydrogens (tertiary/aromatic N) is 2. The lowest BCUT2D eigenvalue weighted by Crippen LogP contribution is -2.53. The minimum atomic E-state index is -3.95. The number of anilines is 1. The third-order valence-corrected chi connectivity index (χ3v) is 7.19. The minimum absolute atomic E-state index is 0.0214. The zero-order valence-electron chi connectivity index (χ0n) is 20.1. The molecule has 1 N–H and O–H groups in total. The molecule has 11 heteroatoms. The molecule has 2 rings (SSSR count). The Labute approximate surface area is 216 Å². The number of hydrogen-bond acceptors (Lipinski definition) is 4. The van der Waals surface area contributed by atoms with Crippen molar-refractivity contribution in [2.75, 3.05) is 17.1 Å². The monoisotopic (exact) mass is 545 g/mol. The van der Waals surface area contributed by atoms with Gasteiger partial charge in [0.25, 0.3) is 0 Å². The molecule has 7 nitrogen and oxygen atoms in total. The predicted molar refractivity (Wildman–Crippen MR) is 138 cm³/mol. The minimum Gasteiger partial charge on any atom is -0.352 e. The molecule has 0 radical (unpaired) electrons. The molecule has 0 aliphatic carbocycles. The first-order chi connectivity index (χ1) is 16.4. The van der Waals surface area contributed by atoms with E-state index in [1.165, 1.54) is 47.4 Å². The average Bonchev–Trinajstić information content (AvgIpc) is 2.79. The zero-order chi connectivity index (χ0) is 26.3. The Morgan fingerprint density at radius 1 is 1.06 bits per heavy atom. The van der Waals surface area contributed by atoms with E-state index in [9.17, 15) is 22.4 Å². The Hall–Kier alpha value is -2.36. The molecule has 0 spiro atoms. The van der Waals surface area contributed by atoms with E-state index in [0.717, 1.165) is 10.6 Å². The maximum Gasteiger partial charge on any atom is 0.244 e. The Morgan fingerprint density at radius 2 is 1.69 bits per heavy atom. The second-order valence-electron chi connectivity index (χ2n) is 8.26. The van der Waals surface area contributed by atoms with Gasteiger partial charge in [0.05, 0.1) is 17.0 Å². The van der Waals surface area contributed by atoms with Crippen molar-refractivity contribution >= 4 is 50.7 Å². The molecule has 0 saturated carbocycles. The van der Waals surface area contributed by atoms with Crippen LogP contribution in [-0.2, 0) is 26.2 Å². The van der Waals surface area contributed by atoms with Gasteiger partial charge >= 0.3 is 0 Å². The van der Waals surface area contributed by atoms with E-state index in [1.807, 2.05) is 13.8 Å². The highest BCUT2D eigenvalue weighted by Crippen LogP contribution is 2.31. The molecule has 0 aliphatic heterocycles. The van der Waals surface area contributed by atoms with Crippen LogP contribution in [0.5, 0.6) is 0 Å². The van der Waals surface area contributed by atoms with Gasteiger partial charge in [-0.25, -0.2) is 12.8 Å². The molecule has 0 bridgehead atoms. The summed E-state index contributed by atoms with van der Waals surface area (Å²) in [7, 11) is -3.95. The first kappa shape index (κ1) is 28.9. The van der Waals surface area contributed by atoms with Gasteiger partial charge in [-0.2, -0.15) is 0 Å². The smallest absolute Gasteiger partial charge is 0.244 e. The average molecular weight is 546 g/mol. The molecular weight excluding hydrogens is 516 g/mol. The van der Waals surface area contributed by atoms with Gasteiger partial charge in [-0.1, -0.05) is 49.2 Å². The van der Waals surface area contributed by atoms with Gasteiger partial charge in [0.2, 0.25) is 21.8 Å². The second kappa shape index (κ2) is 12.6. The number of halogens is 3. The summed E-state index contributed by atoms with van der Waals surface area (Å²) in [5.41, 5.74) is 0.634. The number of nitrogens with one attached hydrogen (secondary N) is 1. The van der Waals surface area contributed by atoms with E-state index in [4.69, 9.17) is 23.2 Å². The molecule has 2 aromatic carbocycles. The maximum atomic E-state index is 13.6. The van der Waals surface area contributed by atoms with Crippen LogP contribution in [0, 0.1) is 5.82 Å². The molecule has 192 valence electrons. The van der Waals surface area contributed by atoms with Crippen LogP contribution in [0.4, 0.5) is 10.1 Å². The fraction of sp³-hybridized carbons (Fsp3) is 0.417. The highest BCUT2D eigenvalue weighted by atomic mass is 35.5.